The highest BCUT2D eigenvalue weighted by atomic mass is 35.5. The number of anilines is 1. The Labute approximate surface area is 149 Å². The SMILES string of the molecule is CC(=O)Nc1ccc(-c2cccc(-c3ccc(Cl)cc3)c2O)cc1F. The summed E-state index contributed by atoms with van der Waals surface area (Å²) >= 11 is 5.90. The molecule has 3 nitrogen and oxygen atoms in total. The van der Waals surface area contributed by atoms with Crippen LogP contribution in [0.5, 0.6) is 5.75 Å². The highest BCUT2D eigenvalue weighted by Gasteiger charge is 2.13. The van der Waals surface area contributed by atoms with Crippen molar-refractivity contribution in [1.29, 1.82) is 0 Å². The van der Waals surface area contributed by atoms with E-state index in [2.05, 4.69) is 5.32 Å². The third kappa shape index (κ3) is 3.64. The Morgan fingerprint density at radius 3 is 2.20 bits per heavy atom. The first-order chi connectivity index (χ1) is 12.0. The number of carbonyl (C=O) groups excluding carboxylic acids is 1. The molecular weight excluding hydrogens is 341 g/mol. The van der Waals surface area contributed by atoms with E-state index in [9.17, 15) is 14.3 Å². The fraction of sp³-hybridized carbons (Fsp3) is 0.0500. The van der Waals surface area contributed by atoms with E-state index in [1.165, 1.54) is 19.1 Å². The summed E-state index contributed by atoms with van der Waals surface area (Å²) in [6, 6.07) is 16.8. The van der Waals surface area contributed by atoms with Crippen LogP contribution >= 0.6 is 11.6 Å². The molecule has 0 atom stereocenters. The second-order valence-corrected chi connectivity index (χ2v) is 6.02. The normalized spacial score (nSPS) is 10.5. The van der Waals surface area contributed by atoms with E-state index in [4.69, 9.17) is 11.6 Å². The quantitative estimate of drug-likeness (QED) is 0.653. The molecule has 0 radical (unpaired) electrons. The Morgan fingerprint density at radius 2 is 1.60 bits per heavy atom. The van der Waals surface area contributed by atoms with Crippen LogP contribution in [0.2, 0.25) is 5.02 Å². The van der Waals surface area contributed by atoms with Crippen molar-refractivity contribution in [3.63, 3.8) is 0 Å². The number of hydrogen-bond donors (Lipinski definition) is 2. The molecule has 126 valence electrons. The minimum Gasteiger partial charge on any atom is -0.507 e. The van der Waals surface area contributed by atoms with Crippen molar-refractivity contribution in [2.45, 2.75) is 6.92 Å². The van der Waals surface area contributed by atoms with Gasteiger partial charge in [-0.3, -0.25) is 4.79 Å². The molecule has 0 bridgehead atoms. The lowest BCUT2D eigenvalue weighted by Crippen LogP contribution is -2.07. The molecule has 5 heteroatoms. The second kappa shape index (κ2) is 6.95. The van der Waals surface area contributed by atoms with Gasteiger partial charge in [0.15, 0.2) is 0 Å². The molecule has 0 heterocycles. The molecule has 0 aliphatic carbocycles. The van der Waals surface area contributed by atoms with Gasteiger partial charge in [-0.25, -0.2) is 4.39 Å². The summed E-state index contributed by atoms with van der Waals surface area (Å²) in [7, 11) is 0. The van der Waals surface area contributed by atoms with Gasteiger partial charge in [0, 0.05) is 23.1 Å². The van der Waals surface area contributed by atoms with Crippen LogP contribution < -0.4 is 5.32 Å². The molecule has 3 aromatic carbocycles. The first-order valence-corrected chi connectivity index (χ1v) is 7.99. The number of phenols is 1. The highest BCUT2D eigenvalue weighted by molar-refractivity contribution is 6.30. The Hall–Kier alpha value is -2.85. The number of rotatable bonds is 3. The van der Waals surface area contributed by atoms with Gasteiger partial charge >= 0.3 is 0 Å². The molecule has 0 fully saturated rings. The average Bonchev–Trinajstić information content (AvgIpc) is 2.58. The minimum atomic E-state index is -0.566. The zero-order valence-corrected chi connectivity index (χ0v) is 14.1. The van der Waals surface area contributed by atoms with E-state index >= 15 is 0 Å². The highest BCUT2D eigenvalue weighted by Crippen LogP contribution is 2.38. The molecule has 3 aromatic rings. The Bertz CT molecular complexity index is 939. The van der Waals surface area contributed by atoms with Crippen molar-refractivity contribution in [2.75, 3.05) is 5.32 Å². The third-order valence-electron chi connectivity index (χ3n) is 3.78. The molecule has 0 saturated carbocycles. The zero-order valence-electron chi connectivity index (χ0n) is 13.4. The molecule has 0 spiro atoms. The summed E-state index contributed by atoms with van der Waals surface area (Å²) in [5.41, 5.74) is 2.55. The van der Waals surface area contributed by atoms with Gasteiger partial charge in [-0.2, -0.15) is 0 Å². The number of halogens is 2. The standard InChI is InChI=1S/C20H15ClFNO2/c1-12(24)23-19-10-7-14(11-18(19)22)17-4-2-3-16(20(17)25)13-5-8-15(21)9-6-13/h2-11,25H,1H3,(H,23,24). The lowest BCUT2D eigenvalue weighted by Gasteiger charge is -2.12. The number of phenolic OH excluding ortho intramolecular Hbond substituents is 1. The average molecular weight is 356 g/mol. The largest absolute Gasteiger partial charge is 0.507 e. The van der Waals surface area contributed by atoms with Crippen LogP contribution in [0.1, 0.15) is 6.92 Å². The summed E-state index contributed by atoms with van der Waals surface area (Å²) in [5.74, 6) is -0.861. The third-order valence-corrected chi connectivity index (χ3v) is 4.03. The van der Waals surface area contributed by atoms with E-state index < -0.39 is 5.82 Å². The summed E-state index contributed by atoms with van der Waals surface area (Å²) in [5, 5.41) is 13.7. The van der Waals surface area contributed by atoms with Crippen LogP contribution in [0.4, 0.5) is 10.1 Å². The Balaban J connectivity index is 2.04. The maximum absolute atomic E-state index is 14.2. The maximum Gasteiger partial charge on any atom is 0.221 e. The molecule has 0 saturated heterocycles. The van der Waals surface area contributed by atoms with E-state index in [1.807, 2.05) is 12.1 Å². The molecule has 3 rings (SSSR count). The number of carbonyl (C=O) groups is 1. The van der Waals surface area contributed by atoms with Crippen LogP contribution in [-0.2, 0) is 4.79 Å². The summed E-state index contributed by atoms with van der Waals surface area (Å²) < 4.78 is 14.2. The number of nitrogens with one attached hydrogen (secondary N) is 1. The van der Waals surface area contributed by atoms with Gasteiger partial charge in [0.05, 0.1) is 5.69 Å². The maximum atomic E-state index is 14.2. The van der Waals surface area contributed by atoms with E-state index in [-0.39, 0.29) is 17.3 Å². The van der Waals surface area contributed by atoms with Gasteiger partial charge in [0.2, 0.25) is 5.91 Å². The van der Waals surface area contributed by atoms with Crippen LogP contribution in [0, 0.1) is 5.82 Å². The predicted octanol–water partition coefficient (Wildman–Crippen LogP) is 5.48. The monoisotopic (exact) mass is 355 g/mol. The smallest absolute Gasteiger partial charge is 0.221 e. The van der Waals surface area contributed by atoms with Crippen molar-refractivity contribution in [1.82, 2.24) is 0 Å². The number of amides is 1. The Kier molecular flexibility index (Phi) is 4.72. The number of para-hydroxylation sites is 1. The van der Waals surface area contributed by atoms with Crippen molar-refractivity contribution in [3.8, 4) is 28.0 Å². The van der Waals surface area contributed by atoms with E-state index in [1.54, 1.807) is 36.4 Å². The fourth-order valence-corrected chi connectivity index (χ4v) is 2.74. The Morgan fingerprint density at radius 1 is 1.00 bits per heavy atom. The molecule has 25 heavy (non-hydrogen) atoms. The fourth-order valence-electron chi connectivity index (χ4n) is 2.61. The van der Waals surface area contributed by atoms with Gasteiger partial charge < -0.3 is 10.4 Å². The first-order valence-electron chi connectivity index (χ1n) is 7.61. The zero-order chi connectivity index (χ0) is 18.0. The van der Waals surface area contributed by atoms with Crippen LogP contribution in [0.3, 0.4) is 0 Å². The first kappa shape index (κ1) is 17.0. The summed E-state index contributed by atoms with van der Waals surface area (Å²) in [6.45, 7) is 1.31. The van der Waals surface area contributed by atoms with Crippen molar-refractivity contribution < 1.29 is 14.3 Å². The van der Waals surface area contributed by atoms with E-state index in [0.717, 1.165) is 5.56 Å². The van der Waals surface area contributed by atoms with Crippen LogP contribution in [0.25, 0.3) is 22.3 Å². The summed E-state index contributed by atoms with van der Waals surface area (Å²) in [6.07, 6.45) is 0. The van der Waals surface area contributed by atoms with Gasteiger partial charge in [-0.1, -0.05) is 48.0 Å². The van der Waals surface area contributed by atoms with Gasteiger partial charge in [-0.15, -0.1) is 0 Å². The topological polar surface area (TPSA) is 49.3 Å². The van der Waals surface area contributed by atoms with Gasteiger partial charge in [0.1, 0.15) is 11.6 Å². The van der Waals surface area contributed by atoms with Gasteiger partial charge in [0.25, 0.3) is 0 Å². The number of hydrogen-bond acceptors (Lipinski definition) is 2. The molecule has 1 amide bonds. The minimum absolute atomic E-state index is 0.0523. The molecule has 0 aliphatic heterocycles. The molecular formula is C20H15ClFNO2. The molecule has 2 N–H and O–H groups in total. The lowest BCUT2D eigenvalue weighted by molar-refractivity contribution is -0.114. The molecule has 0 aromatic heterocycles. The van der Waals surface area contributed by atoms with Crippen molar-refractivity contribution in [3.05, 3.63) is 71.5 Å². The van der Waals surface area contributed by atoms with Gasteiger partial charge in [-0.05, 0) is 35.4 Å². The van der Waals surface area contributed by atoms with Crippen molar-refractivity contribution in [2.24, 2.45) is 0 Å². The summed E-state index contributed by atoms with van der Waals surface area (Å²) in [4.78, 5) is 11.1. The predicted molar refractivity (Wildman–Crippen MR) is 98.3 cm³/mol. The number of benzene rings is 3. The van der Waals surface area contributed by atoms with E-state index in [0.29, 0.717) is 21.7 Å². The lowest BCUT2D eigenvalue weighted by atomic mass is 9.97. The molecule has 0 aliphatic rings. The van der Waals surface area contributed by atoms with Crippen molar-refractivity contribution >= 4 is 23.2 Å². The van der Waals surface area contributed by atoms with Crippen LogP contribution in [-0.4, -0.2) is 11.0 Å². The number of aromatic hydroxyl groups is 1. The second-order valence-electron chi connectivity index (χ2n) is 5.58. The van der Waals surface area contributed by atoms with Crippen LogP contribution in [0.15, 0.2) is 60.7 Å². The molecule has 0 unspecified atom stereocenters.